The fourth-order valence-corrected chi connectivity index (χ4v) is 1.04. The molecule has 2 nitrogen and oxygen atoms in total. The zero-order chi connectivity index (χ0) is 9.14. The van der Waals surface area contributed by atoms with Crippen LogP contribution < -0.4 is 5.73 Å². The van der Waals surface area contributed by atoms with Gasteiger partial charge in [0.15, 0.2) is 0 Å². The second-order valence-corrected chi connectivity index (χ2v) is 3.11. The molecule has 2 N–H and O–H groups in total. The smallest absolute Gasteiger partial charge is 0.224 e. The molecule has 0 fully saturated rings. The number of benzene rings is 1. The molecule has 0 aliphatic rings. The van der Waals surface area contributed by atoms with E-state index in [1.807, 2.05) is 0 Å². The van der Waals surface area contributed by atoms with Gasteiger partial charge in [-0.2, -0.15) is 0 Å². The topological polar surface area (TPSA) is 43.1 Å². The highest BCUT2D eigenvalue weighted by atomic mass is 35.5. The maximum absolute atomic E-state index is 10.8. The summed E-state index contributed by atoms with van der Waals surface area (Å²) in [7, 11) is 0. The Kier molecular flexibility index (Phi) is 2.71. The molecule has 0 aliphatic carbocycles. The number of halogens is 1. The van der Waals surface area contributed by atoms with Gasteiger partial charge < -0.3 is 5.73 Å². The van der Waals surface area contributed by atoms with E-state index < -0.39 is 0 Å². The summed E-state index contributed by atoms with van der Waals surface area (Å²) in [4.78, 5) is 10.8. The summed E-state index contributed by atoms with van der Waals surface area (Å²) >= 11 is 5.68. The second-order valence-electron chi connectivity index (χ2n) is 2.68. The SMILES string of the molecule is CC(C(N)=O)c1ccc(Cl)cc1. The Bertz CT molecular complexity index is 281. The number of primary amides is 1. The average Bonchev–Trinajstić information content (AvgIpc) is 2.04. The van der Waals surface area contributed by atoms with Gasteiger partial charge in [-0.1, -0.05) is 23.7 Å². The molecule has 3 heteroatoms. The van der Waals surface area contributed by atoms with Crippen LogP contribution in [0.2, 0.25) is 5.02 Å². The van der Waals surface area contributed by atoms with Crippen molar-refractivity contribution in [3.8, 4) is 0 Å². The largest absolute Gasteiger partial charge is 0.369 e. The lowest BCUT2D eigenvalue weighted by molar-refractivity contribution is -0.119. The molecule has 1 rings (SSSR count). The lowest BCUT2D eigenvalue weighted by Gasteiger charge is -2.06. The van der Waals surface area contributed by atoms with Gasteiger partial charge in [-0.25, -0.2) is 0 Å². The Morgan fingerprint density at radius 2 is 1.92 bits per heavy atom. The predicted molar refractivity (Wildman–Crippen MR) is 49.1 cm³/mol. The number of carbonyl (C=O) groups excluding carboxylic acids is 1. The number of amides is 1. The van der Waals surface area contributed by atoms with Crippen LogP contribution in [0.3, 0.4) is 0 Å². The van der Waals surface area contributed by atoms with Crippen molar-refractivity contribution in [2.45, 2.75) is 12.8 Å². The van der Waals surface area contributed by atoms with Crippen LogP contribution in [-0.2, 0) is 4.79 Å². The van der Waals surface area contributed by atoms with Gasteiger partial charge in [-0.05, 0) is 24.6 Å². The first-order chi connectivity index (χ1) is 5.61. The highest BCUT2D eigenvalue weighted by Crippen LogP contribution is 2.17. The van der Waals surface area contributed by atoms with Crippen LogP contribution in [0, 0.1) is 0 Å². The summed E-state index contributed by atoms with van der Waals surface area (Å²) in [6.45, 7) is 1.77. The number of nitrogens with two attached hydrogens (primary N) is 1. The van der Waals surface area contributed by atoms with Gasteiger partial charge in [-0.3, -0.25) is 4.79 Å². The first-order valence-electron chi connectivity index (χ1n) is 3.66. The lowest BCUT2D eigenvalue weighted by atomic mass is 10.0. The molecule has 12 heavy (non-hydrogen) atoms. The van der Waals surface area contributed by atoms with Crippen molar-refractivity contribution in [1.82, 2.24) is 0 Å². The molecular weight excluding hydrogens is 174 g/mol. The third-order valence-electron chi connectivity index (χ3n) is 1.80. The monoisotopic (exact) mass is 183 g/mol. The number of hydrogen-bond acceptors (Lipinski definition) is 1. The number of hydrogen-bond donors (Lipinski definition) is 1. The van der Waals surface area contributed by atoms with Crippen LogP contribution in [0.15, 0.2) is 24.3 Å². The van der Waals surface area contributed by atoms with Gasteiger partial charge >= 0.3 is 0 Å². The Morgan fingerprint density at radius 3 is 2.33 bits per heavy atom. The van der Waals surface area contributed by atoms with Gasteiger partial charge in [0.2, 0.25) is 5.91 Å². The number of carbonyl (C=O) groups is 1. The van der Waals surface area contributed by atoms with E-state index in [0.29, 0.717) is 5.02 Å². The quantitative estimate of drug-likeness (QED) is 0.748. The molecule has 0 spiro atoms. The normalized spacial score (nSPS) is 12.5. The number of rotatable bonds is 2. The molecule has 0 aromatic heterocycles. The van der Waals surface area contributed by atoms with Crippen molar-refractivity contribution in [2.75, 3.05) is 0 Å². The van der Waals surface area contributed by atoms with Crippen molar-refractivity contribution in [3.05, 3.63) is 34.9 Å². The second kappa shape index (κ2) is 3.59. The molecule has 0 saturated heterocycles. The summed E-state index contributed by atoms with van der Waals surface area (Å²) in [5.41, 5.74) is 6.03. The molecule has 1 aromatic carbocycles. The lowest BCUT2D eigenvalue weighted by Crippen LogP contribution is -2.18. The van der Waals surface area contributed by atoms with Crippen LogP contribution in [0.1, 0.15) is 18.4 Å². The molecule has 0 radical (unpaired) electrons. The molecule has 1 aromatic rings. The van der Waals surface area contributed by atoms with Crippen molar-refractivity contribution in [2.24, 2.45) is 5.73 Å². The Hall–Kier alpha value is -1.02. The fraction of sp³-hybridized carbons (Fsp3) is 0.222. The van der Waals surface area contributed by atoms with E-state index in [9.17, 15) is 4.79 Å². The molecule has 1 unspecified atom stereocenters. The van der Waals surface area contributed by atoms with Gasteiger partial charge in [0.05, 0.1) is 5.92 Å². The van der Waals surface area contributed by atoms with E-state index in [-0.39, 0.29) is 11.8 Å². The third kappa shape index (κ3) is 1.98. The van der Waals surface area contributed by atoms with Crippen LogP contribution in [0.5, 0.6) is 0 Å². The molecule has 1 atom stereocenters. The molecule has 0 saturated carbocycles. The van der Waals surface area contributed by atoms with E-state index in [0.717, 1.165) is 5.56 Å². The highest BCUT2D eigenvalue weighted by molar-refractivity contribution is 6.30. The first kappa shape index (κ1) is 9.07. The first-order valence-corrected chi connectivity index (χ1v) is 4.04. The van der Waals surface area contributed by atoms with Gasteiger partial charge in [0.25, 0.3) is 0 Å². The van der Waals surface area contributed by atoms with E-state index in [2.05, 4.69) is 0 Å². The van der Waals surface area contributed by atoms with Crippen LogP contribution in [-0.4, -0.2) is 5.91 Å². The minimum absolute atomic E-state index is 0.248. The Balaban J connectivity index is 2.89. The maximum Gasteiger partial charge on any atom is 0.224 e. The van der Waals surface area contributed by atoms with Crippen molar-refractivity contribution in [3.63, 3.8) is 0 Å². The molecule has 0 aliphatic heterocycles. The fourth-order valence-electron chi connectivity index (χ4n) is 0.916. The molecule has 0 heterocycles. The zero-order valence-corrected chi connectivity index (χ0v) is 7.51. The average molecular weight is 184 g/mol. The van der Waals surface area contributed by atoms with Crippen LogP contribution >= 0.6 is 11.6 Å². The summed E-state index contributed by atoms with van der Waals surface area (Å²) in [5.74, 6) is -0.570. The maximum atomic E-state index is 10.8. The summed E-state index contributed by atoms with van der Waals surface area (Å²) < 4.78 is 0. The Morgan fingerprint density at radius 1 is 1.42 bits per heavy atom. The predicted octanol–water partition coefficient (Wildman–Crippen LogP) is 1.93. The molecule has 0 bridgehead atoms. The molecule has 64 valence electrons. The van der Waals surface area contributed by atoms with Crippen molar-refractivity contribution < 1.29 is 4.79 Å². The van der Waals surface area contributed by atoms with Crippen molar-refractivity contribution >= 4 is 17.5 Å². The molecule has 1 amide bonds. The van der Waals surface area contributed by atoms with Gasteiger partial charge in [0, 0.05) is 5.02 Å². The third-order valence-corrected chi connectivity index (χ3v) is 2.05. The summed E-state index contributed by atoms with van der Waals surface area (Å²) in [5, 5.41) is 0.662. The van der Waals surface area contributed by atoms with Crippen LogP contribution in [0.25, 0.3) is 0 Å². The van der Waals surface area contributed by atoms with E-state index >= 15 is 0 Å². The Labute approximate surface area is 76.3 Å². The van der Waals surface area contributed by atoms with E-state index in [4.69, 9.17) is 17.3 Å². The summed E-state index contributed by atoms with van der Waals surface area (Å²) in [6, 6.07) is 7.10. The van der Waals surface area contributed by atoms with Gasteiger partial charge in [-0.15, -0.1) is 0 Å². The highest BCUT2D eigenvalue weighted by Gasteiger charge is 2.10. The van der Waals surface area contributed by atoms with E-state index in [1.165, 1.54) is 0 Å². The van der Waals surface area contributed by atoms with Crippen LogP contribution in [0.4, 0.5) is 0 Å². The van der Waals surface area contributed by atoms with Crippen molar-refractivity contribution in [1.29, 1.82) is 0 Å². The van der Waals surface area contributed by atoms with Gasteiger partial charge in [0.1, 0.15) is 0 Å². The minimum atomic E-state index is -0.322. The molecular formula is C9H10ClNO. The standard InChI is InChI=1S/C9H10ClNO/c1-6(9(11)12)7-2-4-8(10)5-3-7/h2-6H,1H3,(H2,11,12). The zero-order valence-electron chi connectivity index (χ0n) is 6.75. The minimum Gasteiger partial charge on any atom is -0.369 e. The summed E-state index contributed by atoms with van der Waals surface area (Å²) in [6.07, 6.45) is 0. The van der Waals surface area contributed by atoms with E-state index in [1.54, 1.807) is 31.2 Å².